The van der Waals surface area contributed by atoms with Crippen molar-refractivity contribution in [3.8, 4) is 0 Å². The fourth-order valence-electron chi connectivity index (χ4n) is 9.54. The summed E-state index contributed by atoms with van der Waals surface area (Å²) < 4.78 is 11.9. The highest BCUT2D eigenvalue weighted by molar-refractivity contribution is 5.88. The van der Waals surface area contributed by atoms with Crippen LogP contribution >= 0.6 is 0 Å². The minimum absolute atomic E-state index is 0.0812. The summed E-state index contributed by atoms with van der Waals surface area (Å²) in [4.78, 5) is 27.6. The molecule has 0 aromatic heterocycles. The van der Waals surface area contributed by atoms with Crippen molar-refractivity contribution in [1.82, 2.24) is 0 Å². The lowest BCUT2D eigenvalue weighted by Gasteiger charge is -2.72. The van der Waals surface area contributed by atoms with Gasteiger partial charge in [0.2, 0.25) is 0 Å². The maximum Gasteiger partial charge on any atom is 0.309 e. The van der Waals surface area contributed by atoms with E-state index in [-0.39, 0.29) is 25.6 Å². The average Bonchev–Trinajstić information content (AvgIpc) is 2.87. The Hall–Kier alpha value is -1.84. The molecule has 1 saturated heterocycles. The molecule has 0 spiro atoms. The summed E-state index contributed by atoms with van der Waals surface area (Å²) in [7, 11) is 0. The number of aliphatic hydroxyl groups excluding tert-OH is 2. The van der Waals surface area contributed by atoms with Gasteiger partial charge >= 0.3 is 5.97 Å². The van der Waals surface area contributed by atoms with Crippen LogP contribution in [0.3, 0.4) is 0 Å². The molecule has 4 aliphatic rings. The highest BCUT2D eigenvalue weighted by atomic mass is 16.5. The number of hydrogen-bond acceptors (Lipinski definition) is 8. The number of esters is 1. The zero-order valence-electron chi connectivity index (χ0n) is 24.8. The molecule has 3 aliphatic carbocycles. The SMILES string of the molecule is CC(Cc1ccccc1)C(=O)OC1CC2(O)C(C)(C)C(C(=O)C(O)C3(C)C(O)CC4OCC4(C)C3C2(C)O)C1C. The second-order valence-corrected chi connectivity index (χ2v) is 14.5. The van der Waals surface area contributed by atoms with E-state index in [4.69, 9.17) is 9.47 Å². The number of aliphatic hydroxyl groups is 4. The van der Waals surface area contributed by atoms with Crippen molar-refractivity contribution in [2.45, 2.75) is 103 Å². The number of ether oxygens (including phenoxy) is 2. The Morgan fingerprint density at radius 3 is 2.30 bits per heavy atom. The van der Waals surface area contributed by atoms with Crippen LogP contribution < -0.4 is 0 Å². The van der Waals surface area contributed by atoms with Crippen molar-refractivity contribution in [1.29, 1.82) is 0 Å². The molecule has 12 atom stereocenters. The van der Waals surface area contributed by atoms with E-state index < -0.39 is 81.2 Å². The molecule has 12 unspecified atom stereocenters. The van der Waals surface area contributed by atoms with Crippen molar-refractivity contribution in [2.24, 2.45) is 39.9 Å². The topological polar surface area (TPSA) is 134 Å². The van der Waals surface area contributed by atoms with Crippen molar-refractivity contribution in [3.63, 3.8) is 0 Å². The molecule has 4 fully saturated rings. The molecule has 8 heteroatoms. The molecule has 3 saturated carbocycles. The van der Waals surface area contributed by atoms with Crippen molar-refractivity contribution in [2.75, 3.05) is 6.61 Å². The number of hydrogen-bond donors (Lipinski definition) is 4. The van der Waals surface area contributed by atoms with Crippen LogP contribution in [0.2, 0.25) is 0 Å². The van der Waals surface area contributed by atoms with E-state index in [1.165, 1.54) is 0 Å². The van der Waals surface area contributed by atoms with E-state index in [0.717, 1.165) is 5.56 Å². The molecular weight excluding hydrogens is 512 g/mol. The first-order valence-electron chi connectivity index (χ1n) is 14.6. The van der Waals surface area contributed by atoms with Crippen molar-refractivity contribution in [3.05, 3.63) is 35.9 Å². The predicted octanol–water partition coefficient (Wildman–Crippen LogP) is 2.68. The van der Waals surface area contributed by atoms with E-state index in [9.17, 15) is 30.0 Å². The first kappa shape index (κ1) is 29.6. The molecule has 40 heavy (non-hydrogen) atoms. The largest absolute Gasteiger partial charge is 0.462 e. The van der Waals surface area contributed by atoms with Crippen LogP contribution in [0, 0.1) is 39.9 Å². The summed E-state index contributed by atoms with van der Waals surface area (Å²) >= 11 is 0. The van der Waals surface area contributed by atoms with E-state index in [0.29, 0.717) is 6.42 Å². The van der Waals surface area contributed by atoms with Crippen LogP contribution in [0.25, 0.3) is 0 Å². The van der Waals surface area contributed by atoms with Gasteiger partial charge in [0.25, 0.3) is 0 Å². The first-order chi connectivity index (χ1) is 18.4. The zero-order valence-corrected chi connectivity index (χ0v) is 24.8. The molecule has 5 rings (SSSR count). The summed E-state index contributed by atoms with van der Waals surface area (Å²) in [6.07, 6.45) is -3.35. The summed E-state index contributed by atoms with van der Waals surface area (Å²) in [5, 5.41) is 48.5. The third-order valence-corrected chi connectivity index (χ3v) is 11.8. The van der Waals surface area contributed by atoms with Gasteiger partial charge in [0.1, 0.15) is 17.8 Å². The van der Waals surface area contributed by atoms with Crippen LogP contribution in [-0.2, 0) is 25.5 Å². The first-order valence-corrected chi connectivity index (χ1v) is 14.6. The average molecular weight is 559 g/mol. The number of carbonyl (C=O) groups is 2. The van der Waals surface area contributed by atoms with Gasteiger partial charge < -0.3 is 29.9 Å². The maximum atomic E-state index is 14.3. The van der Waals surface area contributed by atoms with Gasteiger partial charge in [-0.1, -0.05) is 71.9 Å². The van der Waals surface area contributed by atoms with Crippen molar-refractivity contribution >= 4 is 11.8 Å². The minimum atomic E-state index is -1.90. The van der Waals surface area contributed by atoms with Crippen molar-refractivity contribution < 1.29 is 39.5 Å². The molecule has 1 aromatic carbocycles. The van der Waals surface area contributed by atoms with Crippen LogP contribution in [0.15, 0.2) is 30.3 Å². The normalized spacial score (nSPS) is 48.5. The number of rotatable bonds is 4. The molecule has 222 valence electrons. The van der Waals surface area contributed by atoms with Gasteiger partial charge in [0, 0.05) is 46.8 Å². The van der Waals surface area contributed by atoms with Crippen LogP contribution in [0.5, 0.6) is 0 Å². The van der Waals surface area contributed by atoms with Crippen LogP contribution in [-0.4, -0.2) is 74.4 Å². The fraction of sp³-hybridized carbons (Fsp3) is 0.750. The third kappa shape index (κ3) is 3.75. The van der Waals surface area contributed by atoms with Crippen LogP contribution in [0.4, 0.5) is 0 Å². The van der Waals surface area contributed by atoms with Gasteiger partial charge in [-0.05, 0) is 18.9 Å². The highest BCUT2D eigenvalue weighted by Gasteiger charge is 2.78. The highest BCUT2D eigenvalue weighted by Crippen LogP contribution is 2.69. The number of ketones is 1. The minimum Gasteiger partial charge on any atom is -0.462 e. The van der Waals surface area contributed by atoms with E-state index in [1.807, 2.05) is 37.3 Å². The zero-order chi connectivity index (χ0) is 29.6. The standard InChI is InChI=1S/C32H46O8/c1-17(13-19-11-9-8-10-12-19)26(36)40-20-15-32(38)28(3,4)23(18(20)2)24(34)25(35)30(6)21(33)14-22-29(5,16-39-22)27(30)31(32,7)37/h8-12,17-18,20-23,25,27,33,35,37-38H,13-16H2,1-7H3. The third-order valence-electron chi connectivity index (χ3n) is 11.8. The van der Waals surface area contributed by atoms with Gasteiger partial charge in [-0.3, -0.25) is 9.59 Å². The Bertz CT molecular complexity index is 1160. The van der Waals surface area contributed by atoms with E-state index >= 15 is 0 Å². The molecule has 0 radical (unpaired) electrons. The van der Waals surface area contributed by atoms with Gasteiger partial charge in [0.15, 0.2) is 5.78 Å². The Labute approximate surface area is 237 Å². The Morgan fingerprint density at radius 2 is 1.73 bits per heavy atom. The predicted molar refractivity (Wildman–Crippen MR) is 147 cm³/mol. The number of carbonyl (C=O) groups excluding carboxylic acids is 2. The molecule has 1 aliphatic heterocycles. The lowest BCUT2D eigenvalue weighted by Crippen LogP contribution is -2.82. The molecule has 8 nitrogen and oxygen atoms in total. The fourth-order valence-corrected chi connectivity index (χ4v) is 9.54. The second-order valence-electron chi connectivity index (χ2n) is 14.5. The Balaban J connectivity index is 1.56. The Kier molecular flexibility index (Phi) is 6.92. The Morgan fingerprint density at radius 1 is 1.10 bits per heavy atom. The lowest BCUT2D eigenvalue weighted by molar-refractivity contribution is -0.368. The molecular formula is C32H46O8. The monoisotopic (exact) mass is 558 g/mol. The number of benzene rings is 1. The van der Waals surface area contributed by atoms with Gasteiger partial charge in [-0.25, -0.2) is 0 Å². The summed E-state index contributed by atoms with van der Waals surface area (Å²) in [5.74, 6) is -3.78. The van der Waals surface area contributed by atoms with Gasteiger partial charge in [-0.15, -0.1) is 0 Å². The van der Waals surface area contributed by atoms with Crippen LogP contribution in [0.1, 0.15) is 66.9 Å². The second kappa shape index (κ2) is 9.33. The summed E-state index contributed by atoms with van der Waals surface area (Å²) in [6, 6.07) is 9.63. The van der Waals surface area contributed by atoms with E-state index in [1.54, 1.807) is 41.5 Å². The molecule has 2 bridgehead atoms. The molecule has 0 amide bonds. The summed E-state index contributed by atoms with van der Waals surface area (Å²) in [5.41, 5.74) is -6.10. The lowest BCUT2D eigenvalue weighted by atomic mass is 9.37. The maximum absolute atomic E-state index is 14.3. The quantitative estimate of drug-likeness (QED) is 0.415. The number of fused-ring (bicyclic) bond motifs is 5. The smallest absolute Gasteiger partial charge is 0.309 e. The van der Waals surface area contributed by atoms with Gasteiger partial charge in [0.05, 0.1) is 30.3 Å². The molecule has 4 N–H and O–H groups in total. The molecule has 1 aromatic rings. The van der Waals surface area contributed by atoms with Gasteiger partial charge in [-0.2, -0.15) is 0 Å². The number of Topliss-reactive ketones (excluding diaryl/α,β-unsaturated/α-hetero) is 1. The van der Waals surface area contributed by atoms with E-state index in [2.05, 4.69) is 0 Å². The summed E-state index contributed by atoms with van der Waals surface area (Å²) in [6.45, 7) is 12.5. The molecule has 1 heterocycles.